The molecule has 1 N–H and O–H groups in total. The first-order chi connectivity index (χ1) is 9.76. The molecule has 0 aliphatic heterocycles. The molecule has 0 saturated carbocycles. The molecule has 118 valence electrons. The molecule has 0 aromatic heterocycles. The van der Waals surface area contributed by atoms with Gasteiger partial charge in [0.25, 0.3) is 0 Å². The number of aliphatic hydroxyl groups excluding tert-OH is 1. The SMILES string of the molecule is COc1ccc([C@@H](CO)CCC(=O)OC(C)(C)C)cc1C. The van der Waals surface area contributed by atoms with Crippen LogP contribution in [0.1, 0.15) is 50.7 Å². The number of aliphatic hydroxyl groups is 1. The van der Waals surface area contributed by atoms with Crippen LogP contribution in [0.5, 0.6) is 5.75 Å². The highest BCUT2D eigenvalue weighted by Gasteiger charge is 2.19. The van der Waals surface area contributed by atoms with Gasteiger partial charge in [0.05, 0.1) is 7.11 Å². The fourth-order valence-electron chi connectivity index (χ4n) is 2.20. The van der Waals surface area contributed by atoms with Gasteiger partial charge in [-0.25, -0.2) is 0 Å². The number of aryl methyl sites for hydroxylation is 1. The van der Waals surface area contributed by atoms with Crippen molar-refractivity contribution in [2.24, 2.45) is 0 Å². The van der Waals surface area contributed by atoms with Gasteiger partial charge in [-0.2, -0.15) is 0 Å². The third-order valence-corrected chi connectivity index (χ3v) is 3.23. The highest BCUT2D eigenvalue weighted by molar-refractivity contribution is 5.69. The van der Waals surface area contributed by atoms with Crippen molar-refractivity contribution in [1.29, 1.82) is 0 Å². The summed E-state index contributed by atoms with van der Waals surface area (Å²) < 4.78 is 10.5. The van der Waals surface area contributed by atoms with E-state index < -0.39 is 5.60 Å². The average molecular weight is 294 g/mol. The number of methoxy groups -OCH3 is 1. The molecule has 0 fully saturated rings. The molecule has 4 heteroatoms. The van der Waals surface area contributed by atoms with Crippen molar-refractivity contribution in [3.63, 3.8) is 0 Å². The molecule has 0 aliphatic rings. The summed E-state index contributed by atoms with van der Waals surface area (Å²) >= 11 is 0. The van der Waals surface area contributed by atoms with Gasteiger partial charge in [-0.15, -0.1) is 0 Å². The molecule has 1 aromatic carbocycles. The lowest BCUT2D eigenvalue weighted by Crippen LogP contribution is -2.24. The number of carbonyl (C=O) groups is 1. The minimum atomic E-state index is -0.470. The Kier molecular flexibility index (Phi) is 6.21. The van der Waals surface area contributed by atoms with E-state index in [1.807, 2.05) is 45.9 Å². The Morgan fingerprint density at radius 2 is 2.00 bits per heavy atom. The van der Waals surface area contributed by atoms with E-state index in [1.165, 1.54) is 0 Å². The summed E-state index contributed by atoms with van der Waals surface area (Å²) in [4.78, 5) is 11.8. The molecular weight excluding hydrogens is 268 g/mol. The molecule has 0 bridgehead atoms. The molecule has 0 heterocycles. The van der Waals surface area contributed by atoms with Crippen molar-refractivity contribution in [2.75, 3.05) is 13.7 Å². The number of benzene rings is 1. The highest BCUT2D eigenvalue weighted by Crippen LogP contribution is 2.26. The summed E-state index contributed by atoms with van der Waals surface area (Å²) in [7, 11) is 1.63. The van der Waals surface area contributed by atoms with Crippen molar-refractivity contribution in [3.8, 4) is 5.75 Å². The number of rotatable bonds is 6. The van der Waals surface area contributed by atoms with Crippen LogP contribution < -0.4 is 4.74 Å². The predicted molar refractivity (Wildman–Crippen MR) is 82.6 cm³/mol. The maximum atomic E-state index is 11.8. The van der Waals surface area contributed by atoms with Crippen LogP contribution in [-0.2, 0) is 9.53 Å². The first kappa shape index (κ1) is 17.5. The molecule has 0 radical (unpaired) electrons. The molecule has 0 unspecified atom stereocenters. The topological polar surface area (TPSA) is 55.8 Å². The number of esters is 1. The first-order valence-electron chi connectivity index (χ1n) is 7.24. The molecule has 21 heavy (non-hydrogen) atoms. The predicted octanol–water partition coefficient (Wildman–Crippen LogP) is 3.20. The van der Waals surface area contributed by atoms with Crippen LogP contribution in [-0.4, -0.2) is 30.4 Å². The second kappa shape index (κ2) is 7.46. The van der Waals surface area contributed by atoms with Crippen LogP contribution in [0.4, 0.5) is 0 Å². The maximum Gasteiger partial charge on any atom is 0.306 e. The van der Waals surface area contributed by atoms with Crippen molar-refractivity contribution in [1.82, 2.24) is 0 Å². The Balaban J connectivity index is 2.67. The Labute approximate surface area is 127 Å². The summed E-state index contributed by atoms with van der Waals surface area (Å²) in [6.07, 6.45) is 0.866. The third kappa shape index (κ3) is 5.76. The summed E-state index contributed by atoms with van der Waals surface area (Å²) in [6, 6.07) is 5.82. The average Bonchev–Trinajstić information content (AvgIpc) is 2.37. The van der Waals surface area contributed by atoms with Gasteiger partial charge in [0.2, 0.25) is 0 Å². The van der Waals surface area contributed by atoms with Crippen molar-refractivity contribution in [3.05, 3.63) is 29.3 Å². The zero-order chi connectivity index (χ0) is 16.0. The van der Waals surface area contributed by atoms with Gasteiger partial charge in [0, 0.05) is 18.9 Å². The maximum absolute atomic E-state index is 11.8. The van der Waals surface area contributed by atoms with E-state index in [0.29, 0.717) is 12.8 Å². The van der Waals surface area contributed by atoms with Gasteiger partial charge in [0.15, 0.2) is 0 Å². The van der Waals surface area contributed by atoms with Crippen LogP contribution in [0.15, 0.2) is 18.2 Å². The fraction of sp³-hybridized carbons (Fsp3) is 0.588. The Bertz CT molecular complexity index is 474. The Morgan fingerprint density at radius 1 is 1.33 bits per heavy atom. The standard InChI is InChI=1S/C17H26O4/c1-12-10-13(6-8-15(12)20-5)14(11-18)7-9-16(19)21-17(2,3)4/h6,8,10,14,18H,7,9,11H2,1-5H3/t14-/m1/s1. The van der Waals surface area contributed by atoms with Gasteiger partial charge in [-0.1, -0.05) is 12.1 Å². The number of ether oxygens (including phenoxy) is 2. The molecule has 0 amide bonds. The van der Waals surface area contributed by atoms with Gasteiger partial charge in [-0.3, -0.25) is 4.79 Å². The highest BCUT2D eigenvalue weighted by atomic mass is 16.6. The minimum absolute atomic E-state index is 0.00850. The Hall–Kier alpha value is -1.55. The summed E-state index contributed by atoms with van der Waals surface area (Å²) in [6.45, 7) is 7.52. The van der Waals surface area contributed by atoms with Crippen LogP contribution in [0, 0.1) is 6.92 Å². The first-order valence-corrected chi connectivity index (χ1v) is 7.24. The van der Waals surface area contributed by atoms with Gasteiger partial charge < -0.3 is 14.6 Å². The molecule has 1 atom stereocenters. The van der Waals surface area contributed by atoms with Gasteiger partial charge in [-0.05, 0) is 51.3 Å². The summed E-state index contributed by atoms with van der Waals surface area (Å²) in [5, 5.41) is 9.56. The summed E-state index contributed by atoms with van der Waals surface area (Å²) in [5.74, 6) is 0.524. The molecule has 1 rings (SSSR count). The lowest BCUT2D eigenvalue weighted by molar-refractivity contribution is -0.155. The van der Waals surface area contributed by atoms with E-state index in [1.54, 1.807) is 7.11 Å². The normalized spacial score (nSPS) is 12.9. The van der Waals surface area contributed by atoms with Crippen LogP contribution in [0.2, 0.25) is 0 Å². The van der Waals surface area contributed by atoms with Crippen LogP contribution in [0.25, 0.3) is 0 Å². The Morgan fingerprint density at radius 3 is 2.48 bits per heavy atom. The van der Waals surface area contributed by atoms with Crippen LogP contribution in [0.3, 0.4) is 0 Å². The third-order valence-electron chi connectivity index (χ3n) is 3.23. The van der Waals surface area contributed by atoms with E-state index in [2.05, 4.69) is 0 Å². The molecule has 1 aromatic rings. The molecule has 0 spiro atoms. The largest absolute Gasteiger partial charge is 0.496 e. The van der Waals surface area contributed by atoms with E-state index in [-0.39, 0.29) is 18.5 Å². The number of carbonyl (C=O) groups excluding carboxylic acids is 1. The fourth-order valence-corrected chi connectivity index (χ4v) is 2.20. The minimum Gasteiger partial charge on any atom is -0.496 e. The van der Waals surface area contributed by atoms with E-state index in [9.17, 15) is 9.90 Å². The molecule has 0 saturated heterocycles. The quantitative estimate of drug-likeness (QED) is 0.819. The zero-order valence-electron chi connectivity index (χ0n) is 13.6. The smallest absolute Gasteiger partial charge is 0.306 e. The summed E-state index contributed by atoms with van der Waals surface area (Å²) in [5.41, 5.74) is 1.56. The lowest BCUT2D eigenvalue weighted by Gasteiger charge is -2.21. The van der Waals surface area contributed by atoms with E-state index in [4.69, 9.17) is 9.47 Å². The van der Waals surface area contributed by atoms with E-state index >= 15 is 0 Å². The second-order valence-corrected chi connectivity index (χ2v) is 6.23. The molecule has 0 aliphatic carbocycles. The number of hydrogen-bond acceptors (Lipinski definition) is 4. The van der Waals surface area contributed by atoms with Crippen molar-refractivity contribution in [2.45, 2.75) is 52.1 Å². The second-order valence-electron chi connectivity index (χ2n) is 6.23. The monoisotopic (exact) mass is 294 g/mol. The number of hydrogen-bond donors (Lipinski definition) is 1. The molecular formula is C17H26O4. The van der Waals surface area contributed by atoms with Gasteiger partial charge in [0.1, 0.15) is 11.4 Å². The van der Waals surface area contributed by atoms with Crippen molar-refractivity contribution < 1.29 is 19.4 Å². The van der Waals surface area contributed by atoms with Crippen LogP contribution >= 0.6 is 0 Å². The van der Waals surface area contributed by atoms with Crippen molar-refractivity contribution >= 4 is 5.97 Å². The zero-order valence-corrected chi connectivity index (χ0v) is 13.6. The van der Waals surface area contributed by atoms with Gasteiger partial charge >= 0.3 is 5.97 Å². The lowest BCUT2D eigenvalue weighted by atomic mass is 9.93. The molecule has 4 nitrogen and oxygen atoms in total. The van der Waals surface area contributed by atoms with E-state index in [0.717, 1.165) is 16.9 Å².